The van der Waals surface area contributed by atoms with Crippen LogP contribution in [0.5, 0.6) is 0 Å². The van der Waals surface area contributed by atoms with Gasteiger partial charge in [0, 0.05) is 0 Å². The standard InChI is InChI=1S/C14H30N2/c15-11-7-2-1-3-8-12-16-13-14-9-5-4-6-10-14/h14,16H,1-13,15H2. The van der Waals surface area contributed by atoms with Gasteiger partial charge in [-0.3, -0.25) is 0 Å². The Kier molecular flexibility index (Phi) is 8.83. The molecule has 0 aromatic heterocycles. The number of nitrogens with one attached hydrogen (secondary N) is 1. The van der Waals surface area contributed by atoms with Gasteiger partial charge < -0.3 is 11.1 Å². The van der Waals surface area contributed by atoms with Gasteiger partial charge in [-0.05, 0) is 51.2 Å². The summed E-state index contributed by atoms with van der Waals surface area (Å²) >= 11 is 0. The third-order valence-electron chi connectivity index (χ3n) is 3.72. The molecule has 0 atom stereocenters. The lowest BCUT2D eigenvalue weighted by atomic mass is 9.89. The zero-order chi connectivity index (χ0) is 11.5. The summed E-state index contributed by atoms with van der Waals surface area (Å²) in [7, 11) is 0. The van der Waals surface area contributed by atoms with Gasteiger partial charge in [-0.25, -0.2) is 0 Å². The molecule has 1 fully saturated rings. The molecule has 0 spiro atoms. The molecule has 1 aliphatic carbocycles. The second-order valence-electron chi connectivity index (χ2n) is 5.26. The van der Waals surface area contributed by atoms with E-state index in [0.717, 1.165) is 12.5 Å². The third-order valence-corrected chi connectivity index (χ3v) is 3.72. The molecular formula is C14H30N2. The van der Waals surface area contributed by atoms with E-state index >= 15 is 0 Å². The molecule has 2 heteroatoms. The number of nitrogens with two attached hydrogens (primary N) is 1. The maximum atomic E-state index is 5.46. The first-order chi connectivity index (χ1) is 7.93. The summed E-state index contributed by atoms with van der Waals surface area (Å²) in [6.07, 6.45) is 13.9. The Labute approximate surface area is 101 Å². The maximum Gasteiger partial charge on any atom is -0.00205 e. The minimum absolute atomic E-state index is 0.861. The van der Waals surface area contributed by atoms with Crippen LogP contribution in [-0.4, -0.2) is 19.6 Å². The first kappa shape index (κ1) is 14.0. The van der Waals surface area contributed by atoms with Crippen molar-refractivity contribution in [3.8, 4) is 0 Å². The lowest BCUT2D eigenvalue weighted by Gasteiger charge is -2.21. The average Bonchev–Trinajstić information content (AvgIpc) is 2.34. The van der Waals surface area contributed by atoms with Crippen molar-refractivity contribution in [2.24, 2.45) is 11.7 Å². The summed E-state index contributed by atoms with van der Waals surface area (Å²) in [5, 5.41) is 3.62. The number of hydrogen-bond acceptors (Lipinski definition) is 2. The van der Waals surface area contributed by atoms with Crippen LogP contribution in [0.15, 0.2) is 0 Å². The highest BCUT2D eigenvalue weighted by molar-refractivity contribution is 4.67. The number of hydrogen-bond donors (Lipinski definition) is 2. The summed E-state index contributed by atoms with van der Waals surface area (Å²) < 4.78 is 0. The van der Waals surface area contributed by atoms with Gasteiger partial charge in [0.1, 0.15) is 0 Å². The van der Waals surface area contributed by atoms with Gasteiger partial charge in [0.2, 0.25) is 0 Å². The first-order valence-electron chi connectivity index (χ1n) is 7.34. The molecule has 2 nitrogen and oxygen atoms in total. The fourth-order valence-corrected chi connectivity index (χ4v) is 2.62. The zero-order valence-corrected chi connectivity index (χ0v) is 10.8. The molecule has 0 bridgehead atoms. The summed E-state index contributed by atoms with van der Waals surface area (Å²) in [5.74, 6) is 0.978. The summed E-state index contributed by atoms with van der Waals surface area (Å²) in [6, 6.07) is 0. The minimum Gasteiger partial charge on any atom is -0.330 e. The minimum atomic E-state index is 0.861. The van der Waals surface area contributed by atoms with Gasteiger partial charge in [0.05, 0.1) is 0 Å². The van der Waals surface area contributed by atoms with Crippen LogP contribution in [0.4, 0.5) is 0 Å². The molecule has 0 amide bonds. The first-order valence-corrected chi connectivity index (χ1v) is 7.34. The van der Waals surface area contributed by atoms with Gasteiger partial charge in [0.25, 0.3) is 0 Å². The molecule has 0 saturated heterocycles. The Morgan fingerprint density at radius 1 is 0.875 bits per heavy atom. The lowest BCUT2D eigenvalue weighted by Crippen LogP contribution is -2.25. The van der Waals surface area contributed by atoms with Crippen molar-refractivity contribution in [2.75, 3.05) is 19.6 Å². The summed E-state index contributed by atoms with van der Waals surface area (Å²) in [5.41, 5.74) is 5.46. The van der Waals surface area contributed by atoms with Crippen LogP contribution in [0.3, 0.4) is 0 Å². The van der Waals surface area contributed by atoms with Gasteiger partial charge in [0.15, 0.2) is 0 Å². The topological polar surface area (TPSA) is 38.0 Å². The normalized spacial score (nSPS) is 17.8. The molecule has 3 N–H and O–H groups in total. The Hall–Kier alpha value is -0.0800. The Balaban J connectivity index is 1.77. The molecule has 0 aromatic carbocycles. The van der Waals surface area contributed by atoms with E-state index in [4.69, 9.17) is 5.73 Å². The van der Waals surface area contributed by atoms with Crippen LogP contribution in [0, 0.1) is 5.92 Å². The van der Waals surface area contributed by atoms with E-state index in [9.17, 15) is 0 Å². The molecule has 1 rings (SSSR count). The van der Waals surface area contributed by atoms with Gasteiger partial charge >= 0.3 is 0 Å². The molecule has 1 aliphatic rings. The third kappa shape index (κ3) is 7.24. The molecular weight excluding hydrogens is 196 g/mol. The smallest absolute Gasteiger partial charge is 0.00205 e. The van der Waals surface area contributed by atoms with E-state index < -0.39 is 0 Å². The highest BCUT2D eigenvalue weighted by Gasteiger charge is 2.11. The van der Waals surface area contributed by atoms with Crippen LogP contribution >= 0.6 is 0 Å². The molecule has 1 saturated carbocycles. The fraction of sp³-hybridized carbons (Fsp3) is 1.00. The molecule has 96 valence electrons. The SMILES string of the molecule is NCCCCCCCNCC1CCCCC1. The van der Waals surface area contributed by atoms with Crippen LogP contribution in [0.1, 0.15) is 64.2 Å². The van der Waals surface area contributed by atoms with Crippen molar-refractivity contribution in [3.63, 3.8) is 0 Å². The van der Waals surface area contributed by atoms with E-state index in [1.165, 1.54) is 77.3 Å². The predicted molar refractivity (Wildman–Crippen MR) is 71.6 cm³/mol. The maximum absolute atomic E-state index is 5.46. The Morgan fingerprint density at radius 2 is 1.56 bits per heavy atom. The highest BCUT2D eigenvalue weighted by atomic mass is 14.9. The predicted octanol–water partition coefficient (Wildman–Crippen LogP) is 3.07. The van der Waals surface area contributed by atoms with Crippen molar-refractivity contribution in [3.05, 3.63) is 0 Å². The molecule has 16 heavy (non-hydrogen) atoms. The van der Waals surface area contributed by atoms with Crippen LogP contribution in [0.25, 0.3) is 0 Å². The highest BCUT2D eigenvalue weighted by Crippen LogP contribution is 2.22. The van der Waals surface area contributed by atoms with E-state index in [2.05, 4.69) is 5.32 Å². The Morgan fingerprint density at radius 3 is 2.31 bits per heavy atom. The molecule has 0 heterocycles. The van der Waals surface area contributed by atoms with Gasteiger partial charge in [-0.1, -0.05) is 38.5 Å². The largest absolute Gasteiger partial charge is 0.330 e. The Bertz CT molecular complexity index is 142. The molecule has 0 aromatic rings. The fourth-order valence-electron chi connectivity index (χ4n) is 2.62. The van der Waals surface area contributed by atoms with Crippen LogP contribution in [0.2, 0.25) is 0 Å². The van der Waals surface area contributed by atoms with Crippen LogP contribution in [-0.2, 0) is 0 Å². The second kappa shape index (κ2) is 10.1. The van der Waals surface area contributed by atoms with Crippen molar-refractivity contribution < 1.29 is 0 Å². The second-order valence-corrected chi connectivity index (χ2v) is 5.26. The quantitative estimate of drug-likeness (QED) is 0.593. The van der Waals surface area contributed by atoms with Crippen molar-refractivity contribution in [1.29, 1.82) is 0 Å². The van der Waals surface area contributed by atoms with Crippen LogP contribution < -0.4 is 11.1 Å². The van der Waals surface area contributed by atoms with Crippen molar-refractivity contribution >= 4 is 0 Å². The van der Waals surface area contributed by atoms with E-state index in [1.807, 2.05) is 0 Å². The van der Waals surface area contributed by atoms with E-state index in [-0.39, 0.29) is 0 Å². The molecule has 0 aliphatic heterocycles. The average molecular weight is 226 g/mol. The molecule has 0 radical (unpaired) electrons. The monoisotopic (exact) mass is 226 g/mol. The van der Waals surface area contributed by atoms with Gasteiger partial charge in [-0.2, -0.15) is 0 Å². The molecule has 0 unspecified atom stereocenters. The number of rotatable bonds is 9. The van der Waals surface area contributed by atoms with Crippen molar-refractivity contribution in [1.82, 2.24) is 5.32 Å². The van der Waals surface area contributed by atoms with E-state index in [1.54, 1.807) is 0 Å². The summed E-state index contributed by atoms with van der Waals surface area (Å²) in [4.78, 5) is 0. The van der Waals surface area contributed by atoms with E-state index in [0.29, 0.717) is 0 Å². The van der Waals surface area contributed by atoms with Gasteiger partial charge in [-0.15, -0.1) is 0 Å². The summed E-state index contributed by atoms with van der Waals surface area (Å²) in [6.45, 7) is 3.35. The zero-order valence-electron chi connectivity index (χ0n) is 10.8. The van der Waals surface area contributed by atoms with Crippen molar-refractivity contribution in [2.45, 2.75) is 64.2 Å². The number of unbranched alkanes of at least 4 members (excludes halogenated alkanes) is 4. The lowest BCUT2D eigenvalue weighted by molar-refractivity contribution is 0.341.